The first-order valence-electron chi connectivity index (χ1n) is 7.04. The minimum Gasteiger partial charge on any atom is -0.382 e. The van der Waals surface area contributed by atoms with Crippen molar-refractivity contribution in [3.05, 3.63) is 36.5 Å². The first kappa shape index (κ1) is 15.2. The van der Waals surface area contributed by atoms with Gasteiger partial charge in [-0.2, -0.15) is 0 Å². The van der Waals surface area contributed by atoms with Gasteiger partial charge in [-0.05, 0) is 37.6 Å². The minimum absolute atomic E-state index is 0.537. The summed E-state index contributed by atoms with van der Waals surface area (Å²) in [6.07, 6.45) is 2.64. The zero-order valence-electron chi connectivity index (χ0n) is 12.2. The van der Waals surface area contributed by atoms with Crippen molar-refractivity contribution in [2.45, 2.75) is 13.3 Å². The van der Waals surface area contributed by atoms with Gasteiger partial charge < -0.3 is 10.1 Å². The van der Waals surface area contributed by atoms with E-state index in [-0.39, 0.29) is 0 Å². The Morgan fingerprint density at radius 3 is 3.10 bits per heavy atom. The lowest BCUT2D eigenvalue weighted by Gasteiger charge is -2.10. The van der Waals surface area contributed by atoms with Crippen LogP contribution in [0.4, 0.5) is 5.69 Å². The van der Waals surface area contributed by atoms with Gasteiger partial charge in [0.1, 0.15) is 0 Å². The van der Waals surface area contributed by atoms with E-state index >= 15 is 0 Å². The summed E-state index contributed by atoms with van der Waals surface area (Å²) in [6, 6.07) is 9.84. The number of fused-ring (bicyclic) bond motifs is 1. The summed E-state index contributed by atoms with van der Waals surface area (Å²) in [5.74, 6) is 6.02. The molecule has 6 heteroatoms. The van der Waals surface area contributed by atoms with E-state index in [1.165, 1.54) is 0 Å². The van der Waals surface area contributed by atoms with Gasteiger partial charge in [0.15, 0.2) is 0 Å². The summed E-state index contributed by atoms with van der Waals surface area (Å²) in [4.78, 5) is 8.65. The van der Waals surface area contributed by atoms with Crippen molar-refractivity contribution in [1.29, 1.82) is 0 Å². The fourth-order valence-electron chi connectivity index (χ4n) is 1.91. The highest BCUT2D eigenvalue weighted by Gasteiger charge is 2.00. The Morgan fingerprint density at radius 2 is 2.29 bits per heavy atom. The molecule has 1 heterocycles. The number of pyridine rings is 1. The SMILES string of the molecule is CCOCCCN=C(NN)Nc1ccc2ncccc2c1. The molecule has 0 saturated carbocycles. The number of nitrogens with one attached hydrogen (secondary N) is 2. The van der Waals surface area contributed by atoms with Gasteiger partial charge in [-0.15, -0.1) is 0 Å². The predicted molar refractivity (Wildman–Crippen MR) is 86.1 cm³/mol. The standard InChI is InChI=1S/C15H21N5O/c1-2-21-10-4-9-18-15(20-16)19-13-6-7-14-12(11-13)5-3-8-17-14/h3,5-8,11H,2,4,9-10,16H2,1H3,(H2,18,19,20). The van der Waals surface area contributed by atoms with Crippen LogP contribution in [0.15, 0.2) is 41.5 Å². The molecule has 0 aliphatic carbocycles. The summed E-state index contributed by atoms with van der Waals surface area (Å²) in [5.41, 5.74) is 4.44. The summed E-state index contributed by atoms with van der Waals surface area (Å²) in [6.45, 7) is 4.07. The molecule has 0 saturated heterocycles. The first-order valence-corrected chi connectivity index (χ1v) is 7.04. The quantitative estimate of drug-likeness (QED) is 0.248. The Labute approximate surface area is 124 Å². The number of guanidine groups is 1. The van der Waals surface area contributed by atoms with E-state index in [1.54, 1.807) is 6.20 Å². The van der Waals surface area contributed by atoms with E-state index in [4.69, 9.17) is 10.6 Å². The van der Waals surface area contributed by atoms with Gasteiger partial charge in [0.25, 0.3) is 0 Å². The number of anilines is 1. The van der Waals surface area contributed by atoms with Gasteiger partial charge in [-0.1, -0.05) is 6.07 Å². The lowest BCUT2D eigenvalue weighted by atomic mass is 10.2. The third-order valence-corrected chi connectivity index (χ3v) is 2.92. The van der Waals surface area contributed by atoms with Crippen molar-refractivity contribution in [2.24, 2.45) is 10.8 Å². The van der Waals surface area contributed by atoms with Crippen molar-refractivity contribution >= 4 is 22.5 Å². The Kier molecular flexibility index (Phi) is 5.93. The van der Waals surface area contributed by atoms with Crippen LogP contribution in [0.3, 0.4) is 0 Å². The molecule has 1 aromatic heterocycles. The summed E-state index contributed by atoms with van der Waals surface area (Å²) >= 11 is 0. The summed E-state index contributed by atoms with van der Waals surface area (Å²) in [7, 11) is 0. The number of aromatic nitrogens is 1. The van der Waals surface area contributed by atoms with Crippen LogP contribution in [-0.4, -0.2) is 30.7 Å². The number of aliphatic imine (C=N–C) groups is 1. The fraction of sp³-hybridized carbons (Fsp3) is 0.333. The van der Waals surface area contributed by atoms with Gasteiger partial charge in [0.2, 0.25) is 5.96 Å². The molecule has 4 N–H and O–H groups in total. The van der Waals surface area contributed by atoms with Crippen LogP contribution < -0.4 is 16.6 Å². The van der Waals surface area contributed by atoms with Crippen LogP contribution in [0.2, 0.25) is 0 Å². The normalized spacial score (nSPS) is 11.6. The van der Waals surface area contributed by atoms with Crippen LogP contribution in [0.1, 0.15) is 13.3 Å². The second kappa shape index (κ2) is 8.18. The molecule has 1 aromatic carbocycles. The smallest absolute Gasteiger partial charge is 0.210 e. The highest BCUT2D eigenvalue weighted by molar-refractivity contribution is 5.95. The molecule has 0 radical (unpaired) electrons. The topological polar surface area (TPSA) is 84.6 Å². The average Bonchev–Trinajstić information content (AvgIpc) is 2.53. The molecule has 0 unspecified atom stereocenters. The number of nitrogens with zero attached hydrogens (tertiary/aromatic N) is 2. The number of benzene rings is 1. The van der Waals surface area contributed by atoms with Crippen molar-refractivity contribution in [2.75, 3.05) is 25.1 Å². The van der Waals surface area contributed by atoms with Gasteiger partial charge in [0.05, 0.1) is 5.52 Å². The summed E-state index contributed by atoms with van der Waals surface area (Å²) in [5, 5.41) is 4.22. The largest absolute Gasteiger partial charge is 0.382 e. The monoisotopic (exact) mass is 287 g/mol. The maximum Gasteiger partial charge on any atom is 0.210 e. The molecule has 0 amide bonds. The van der Waals surface area contributed by atoms with E-state index < -0.39 is 0 Å². The van der Waals surface area contributed by atoms with Crippen LogP contribution in [-0.2, 0) is 4.74 Å². The molecule has 0 aliphatic rings. The highest BCUT2D eigenvalue weighted by Crippen LogP contribution is 2.16. The van der Waals surface area contributed by atoms with Crippen molar-refractivity contribution in [3.8, 4) is 0 Å². The molecule has 2 rings (SSSR count). The molecule has 6 nitrogen and oxygen atoms in total. The van der Waals surface area contributed by atoms with E-state index in [2.05, 4.69) is 20.7 Å². The zero-order valence-corrected chi connectivity index (χ0v) is 12.2. The third-order valence-electron chi connectivity index (χ3n) is 2.92. The van der Waals surface area contributed by atoms with E-state index in [0.29, 0.717) is 19.1 Å². The van der Waals surface area contributed by atoms with Crippen LogP contribution in [0.25, 0.3) is 10.9 Å². The molecule has 21 heavy (non-hydrogen) atoms. The average molecular weight is 287 g/mol. The highest BCUT2D eigenvalue weighted by atomic mass is 16.5. The van der Waals surface area contributed by atoms with E-state index in [1.807, 2.05) is 37.3 Å². The van der Waals surface area contributed by atoms with Crippen LogP contribution in [0, 0.1) is 0 Å². The molecule has 0 bridgehead atoms. The second-order valence-electron chi connectivity index (χ2n) is 4.46. The number of hydrazine groups is 1. The molecule has 112 valence electrons. The maximum absolute atomic E-state index is 5.49. The molecule has 0 aliphatic heterocycles. The van der Waals surface area contributed by atoms with E-state index in [0.717, 1.165) is 29.6 Å². The number of hydrogen-bond donors (Lipinski definition) is 3. The Balaban J connectivity index is 1.97. The van der Waals surface area contributed by atoms with Crippen LogP contribution >= 0.6 is 0 Å². The third kappa shape index (κ3) is 4.70. The predicted octanol–water partition coefficient (Wildman–Crippen LogP) is 1.89. The number of rotatable bonds is 6. The molecule has 0 fully saturated rings. The number of ether oxygens (including phenoxy) is 1. The van der Waals surface area contributed by atoms with Crippen molar-refractivity contribution in [3.63, 3.8) is 0 Å². The number of hydrogen-bond acceptors (Lipinski definition) is 4. The molecular formula is C15H21N5O. The van der Waals surface area contributed by atoms with Gasteiger partial charge >= 0.3 is 0 Å². The fourth-order valence-corrected chi connectivity index (χ4v) is 1.91. The lowest BCUT2D eigenvalue weighted by molar-refractivity contribution is 0.146. The Bertz CT molecular complexity index is 599. The first-order chi connectivity index (χ1) is 10.3. The maximum atomic E-state index is 5.49. The molecular weight excluding hydrogens is 266 g/mol. The molecule has 0 atom stereocenters. The zero-order chi connectivity index (χ0) is 14.9. The molecule has 0 spiro atoms. The minimum atomic E-state index is 0.537. The lowest BCUT2D eigenvalue weighted by Crippen LogP contribution is -2.36. The Hall–Kier alpha value is -2.18. The summed E-state index contributed by atoms with van der Waals surface area (Å²) < 4.78 is 5.27. The number of nitrogens with two attached hydrogens (primary N) is 1. The van der Waals surface area contributed by atoms with Crippen molar-refractivity contribution in [1.82, 2.24) is 10.4 Å². The Morgan fingerprint density at radius 1 is 1.38 bits per heavy atom. The van der Waals surface area contributed by atoms with Gasteiger partial charge in [-0.3, -0.25) is 15.4 Å². The van der Waals surface area contributed by atoms with E-state index in [9.17, 15) is 0 Å². The van der Waals surface area contributed by atoms with Crippen molar-refractivity contribution < 1.29 is 4.74 Å². The van der Waals surface area contributed by atoms with Crippen LogP contribution in [0.5, 0.6) is 0 Å². The molecule has 2 aromatic rings. The van der Waals surface area contributed by atoms with Gasteiger partial charge in [0, 0.05) is 37.0 Å². The second-order valence-corrected chi connectivity index (χ2v) is 4.46. The van der Waals surface area contributed by atoms with Gasteiger partial charge in [-0.25, -0.2) is 5.84 Å².